The summed E-state index contributed by atoms with van der Waals surface area (Å²) in [6, 6.07) is 5.75. The number of hydrogen-bond donors (Lipinski definition) is 1. The van der Waals surface area contributed by atoms with E-state index in [1.54, 1.807) is 4.90 Å². The second-order valence-corrected chi connectivity index (χ2v) is 9.03. The number of carbonyl (C=O) groups excluding carboxylic acids is 2. The quantitative estimate of drug-likeness (QED) is 0.835. The topological polar surface area (TPSA) is 96.0 Å². The van der Waals surface area contributed by atoms with Gasteiger partial charge in [0.15, 0.2) is 0 Å². The maximum Gasteiger partial charge on any atom is 0.409 e. The molecule has 0 radical (unpaired) electrons. The third-order valence-electron chi connectivity index (χ3n) is 5.21. The number of piperidine rings is 1. The van der Waals surface area contributed by atoms with E-state index >= 15 is 0 Å². The van der Waals surface area contributed by atoms with Gasteiger partial charge < -0.3 is 15.0 Å². The van der Waals surface area contributed by atoms with Crippen molar-refractivity contribution >= 4 is 27.7 Å². The van der Waals surface area contributed by atoms with Crippen LogP contribution in [0.4, 0.5) is 10.5 Å². The molecule has 0 saturated carbocycles. The van der Waals surface area contributed by atoms with Crippen LogP contribution >= 0.6 is 0 Å². The fourth-order valence-corrected chi connectivity index (χ4v) is 4.49. The van der Waals surface area contributed by atoms with Crippen LogP contribution in [0.15, 0.2) is 18.2 Å². The minimum absolute atomic E-state index is 0.0938. The largest absolute Gasteiger partial charge is 0.453 e. The molecule has 1 N–H and O–H groups in total. The number of anilines is 1. The zero-order valence-corrected chi connectivity index (χ0v) is 16.4. The summed E-state index contributed by atoms with van der Waals surface area (Å²) in [5.74, 6) is -0.297. The third-order valence-corrected chi connectivity index (χ3v) is 6.52. The van der Waals surface area contributed by atoms with Gasteiger partial charge in [-0.1, -0.05) is 6.07 Å². The maximum atomic E-state index is 12.5. The predicted molar refractivity (Wildman–Crippen MR) is 101 cm³/mol. The van der Waals surface area contributed by atoms with E-state index in [2.05, 4.69) is 5.32 Å². The first-order valence-electron chi connectivity index (χ1n) is 8.98. The Balaban J connectivity index is 1.62. The van der Waals surface area contributed by atoms with Crippen LogP contribution < -0.4 is 5.32 Å². The Morgan fingerprint density at radius 3 is 2.48 bits per heavy atom. The van der Waals surface area contributed by atoms with E-state index in [0.717, 1.165) is 17.5 Å². The highest BCUT2D eigenvalue weighted by atomic mass is 32.2. The Morgan fingerprint density at radius 2 is 1.85 bits per heavy atom. The molecule has 0 bridgehead atoms. The van der Waals surface area contributed by atoms with Gasteiger partial charge in [-0.3, -0.25) is 4.79 Å². The molecule has 0 atom stereocenters. The third kappa shape index (κ3) is 4.59. The number of fused-ring (bicyclic) bond motifs is 1. The molecule has 3 rings (SSSR count). The predicted octanol–water partition coefficient (Wildman–Crippen LogP) is 1.42. The summed E-state index contributed by atoms with van der Waals surface area (Å²) in [6.07, 6.45) is 2.62. The van der Waals surface area contributed by atoms with Crippen molar-refractivity contribution < 1.29 is 22.7 Å². The van der Waals surface area contributed by atoms with Crippen molar-refractivity contribution in [2.45, 2.75) is 25.8 Å². The molecular weight excluding hydrogens is 370 g/mol. The molecule has 2 heterocycles. The molecule has 1 saturated heterocycles. The molecule has 2 amide bonds. The summed E-state index contributed by atoms with van der Waals surface area (Å²) >= 11 is 0. The lowest BCUT2D eigenvalue weighted by Gasteiger charge is -2.30. The van der Waals surface area contributed by atoms with Crippen molar-refractivity contribution in [1.82, 2.24) is 9.21 Å². The number of benzene rings is 1. The number of amides is 2. The van der Waals surface area contributed by atoms with E-state index in [0.29, 0.717) is 44.7 Å². The molecule has 0 aliphatic carbocycles. The van der Waals surface area contributed by atoms with Gasteiger partial charge in [-0.05, 0) is 42.5 Å². The fourth-order valence-electron chi connectivity index (χ4n) is 3.61. The molecule has 0 aromatic heterocycles. The summed E-state index contributed by atoms with van der Waals surface area (Å²) in [6.45, 7) is 1.81. The minimum Gasteiger partial charge on any atom is -0.453 e. The SMILES string of the molecule is COC(=O)N1CCc2ccc(NC(=O)C3CCN(S(C)(=O)=O)CC3)cc2C1. The van der Waals surface area contributed by atoms with Gasteiger partial charge in [0.1, 0.15) is 0 Å². The van der Waals surface area contributed by atoms with Gasteiger partial charge in [-0.15, -0.1) is 0 Å². The van der Waals surface area contributed by atoms with Gasteiger partial charge in [-0.25, -0.2) is 17.5 Å². The van der Waals surface area contributed by atoms with Crippen molar-refractivity contribution in [3.8, 4) is 0 Å². The molecule has 27 heavy (non-hydrogen) atoms. The molecule has 0 unspecified atom stereocenters. The Hall–Kier alpha value is -2.13. The Kier molecular flexibility index (Phi) is 5.71. The van der Waals surface area contributed by atoms with Crippen molar-refractivity contribution in [3.63, 3.8) is 0 Å². The average Bonchev–Trinajstić information content (AvgIpc) is 2.66. The van der Waals surface area contributed by atoms with Crippen molar-refractivity contribution in [2.75, 3.05) is 38.3 Å². The Morgan fingerprint density at radius 1 is 1.15 bits per heavy atom. The summed E-state index contributed by atoms with van der Waals surface area (Å²) in [5, 5.41) is 2.93. The number of hydrogen-bond acceptors (Lipinski definition) is 5. The maximum absolute atomic E-state index is 12.5. The van der Waals surface area contributed by atoms with E-state index in [-0.39, 0.29) is 17.9 Å². The zero-order valence-electron chi connectivity index (χ0n) is 15.6. The van der Waals surface area contributed by atoms with E-state index < -0.39 is 10.0 Å². The molecule has 2 aliphatic rings. The Bertz CT molecular complexity index is 831. The molecule has 9 heteroatoms. The lowest BCUT2D eigenvalue weighted by Crippen LogP contribution is -2.40. The summed E-state index contributed by atoms with van der Waals surface area (Å²) in [4.78, 5) is 25.9. The van der Waals surface area contributed by atoms with Gasteiger partial charge >= 0.3 is 6.09 Å². The Labute approximate surface area is 159 Å². The number of ether oxygens (including phenoxy) is 1. The molecule has 1 aromatic carbocycles. The van der Waals surface area contributed by atoms with E-state index in [1.165, 1.54) is 17.7 Å². The molecular formula is C18H25N3O5S. The van der Waals surface area contributed by atoms with Crippen LogP contribution in [0, 0.1) is 5.92 Å². The average molecular weight is 395 g/mol. The molecule has 1 fully saturated rings. The van der Waals surface area contributed by atoms with Crippen molar-refractivity contribution in [1.29, 1.82) is 0 Å². The van der Waals surface area contributed by atoms with Crippen LogP contribution in [-0.4, -0.2) is 62.6 Å². The molecule has 1 aromatic rings. The number of sulfonamides is 1. The number of nitrogens with one attached hydrogen (secondary N) is 1. The van der Waals surface area contributed by atoms with Crippen LogP contribution in [0.3, 0.4) is 0 Å². The second kappa shape index (κ2) is 7.85. The van der Waals surface area contributed by atoms with Gasteiger partial charge in [0.2, 0.25) is 15.9 Å². The lowest BCUT2D eigenvalue weighted by atomic mass is 9.96. The second-order valence-electron chi connectivity index (χ2n) is 7.05. The fraction of sp³-hybridized carbons (Fsp3) is 0.556. The van der Waals surface area contributed by atoms with Crippen molar-refractivity contribution in [3.05, 3.63) is 29.3 Å². The van der Waals surface area contributed by atoms with Crippen LogP contribution in [0.5, 0.6) is 0 Å². The van der Waals surface area contributed by atoms with E-state index in [4.69, 9.17) is 4.74 Å². The molecule has 148 valence electrons. The summed E-state index contributed by atoms with van der Waals surface area (Å²) in [5.41, 5.74) is 2.85. The summed E-state index contributed by atoms with van der Waals surface area (Å²) in [7, 11) is -1.83. The van der Waals surface area contributed by atoms with E-state index in [9.17, 15) is 18.0 Å². The van der Waals surface area contributed by atoms with Crippen LogP contribution in [0.2, 0.25) is 0 Å². The molecule has 8 nitrogen and oxygen atoms in total. The zero-order chi connectivity index (χ0) is 19.6. The molecule has 0 spiro atoms. The first-order chi connectivity index (χ1) is 12.8. The first-order valence-corrected chi connectivity index (χ1v) is 10.8. The van der Waals surface area contributed by atoms with Gasteiger partial charge in [0, 0.05) is 37.8 Å². The number of carbonyl (C=O) groups is 2. The summed E-state index contributed by atoms with van der Waals surface area (Å²) < 4.78 is 29.3. The highest BCUT2D eigenvalue weighted by Crippen LogP contribution is 2.25. The van der Waals surface area contributed by atoms with E-state index in [1.807, 2.05) is 18.2 Å². The van der Waals surface area contributed by atoms with Gasteiger partial charge in [0.25, 0.3) is 0 Å². The lowest BCUT2D eigenvalue weighted by molar-refractivity contribution is -0.120. The highest BCUT2D eigenvalue weighted by Gasteiger charge is 2.29. The minimum atomic E-state index is -3.20. The number of methoxy groups -OCH3 is 1. The van der Waals surface area contributed by atoms with Crippen molar-refractivity contribution in [2.24, 2.45) is 5.92 Å². The number of nitrogens with zero attached hydrogens (tertiary/aromatic N) is 2. The standard InChI is InChI=1S/C18H25N3O5S/c1-26-18(23)20-8-5-13-3-4-16(11-15(13)12-20)19-17(22)14-6-9-21(10-7-14)27(2,24)25/h3-4,11,14H,5-10,12H2,1-2H3,(H,19,22). The van der Waals surface area contributed by atoms with Crippen LogP contribution in [0.1, 0.15) is 24.0 Å². The molecule has 2 aliphatic heterocycles. The monoisotopic (exact) mass is 395 g/mol. The smallest absolute Gasteiger partial charge is 0.409 e. The van der Waals surface area contributed by atoms with Gasteiger partial charge in [-0.2, -0.15) is 0 Å². The highest BCUT2D eigenvalue weighted by molar-refractivity contribution is 7.88. The van der Waals surface area contributed by atoms with Crippen LogP contribution in [0.25, 0.3) is 0 Å². The normalized spacial score (nSPS) is 18.7. The van der Waals surface area contributed by atoms with Crippen LogP contribution in [-0.2, 0) is 32.5 Å². The van der Waals surface area contributed by atoms with Gasteiger partial charge in [0.05, 0.1) is 13.4 Å². The number of rotatable bonds is 3. The first kappa shape index (κ1) is 19.6.